The quantitative estimate of drug-likeness (QED) is 0.431. The topological polar surface area (TPSA) is 139 Å². The monoisotopic (exact) mass is 456 g/mol. The maximum atomic E-state index is 12.7. The molecule has 1 aliphatic heterocycles. The molecule has 0 aromatic carbocycles. The number of ether oxygens (including phenoxy) is 2. The van der Waals surface area contributed by atoms with Crippen LogP contribution in [0.3, 0.4) is 0 Å². The fraction of sp³-hybridized carbons (Fsp3) is 0.818. The van der Waals surface area contributed by atoms with Crippen molar-refractivity contribution in [2.45, 2.75) is 40.5 Å². The van der Waals surface area contributed by atoms with Gasteiger partial charge in [-0.15, -0.1) is 0 Å². The molecule has 0 bridgehead atoms. The van der Waals surface area contributed by atoms with E-state index in [0.29, 0.717) is 26.2 Å². The zero-order chi connectivity index (χ0) is 24.3. The van der Waals surface area contributed by atoms with E-state index in [9.17, 15) is 29.4 Å². The summed E-state index contributed by atoms with van der Waals surface area (Å²) in [6.07, 6.45) is 0.399. The summed E-state index contributed by atoms with van der Waals surface area (Å²) in [5, 5.41) is 21.9. The highest BCUT2D eigenvalue weighted by Crippen LogP contribution is 2.16. The van der Waals surface area contributed by atoms with E-state index in [1.807, 2.05) is 0 Å². The molecule has 0 spiro atoms. The smallest absolute Gasteiger partial charge is 0.225 e. The molecule has 2 amide bonds. The zero-order valence-corrected chi connectivity index (χ0v) is 19.5. The van der Waals surface area contributed by atoms with E-state index in [4.69, 9.17) is 9.47 Å². The number of carboxylic acids is 2. The molecule has 0 N–H and O–H groups in total. The number of hydrogen-bond donors (Lipinski definition) is 0. The van der Waals surface area contributed by atoms with Crippen molar-refractivity contribution in [3.63, 3.8) is 0 Å². The third kappa shape index (κ3) is 9.52. The van der Waals surface area contributed by atoms with Crippen molar-refractivity contribution < 1.29 is 38.9 Å². The first-order valence-electron chi connectivity index (χ1n) is 11.2. The molecular formula is C22H36N2O8-2. The molecule has 32 heavy (non-hydrogen) atoms. The molecule has 10 nitrogen and oxygen atoms in total. The lowest BCUT2D eigenvalue weighted by Crippen LogP contribution is -2.44. The van der Waals surface area contributed by atoms with Crippen LogP contribution in [-0.4, -0.2) is 86.2 Å². The van der Waals surface area contributed by atoms with Crippen molar-refractivity contribution in [3.05, 3.63) is 0 Å². The van der Waals surface area contributed by atoms with Gasteiger partial charge in [0.2, 0.25) is 11.8 Å². The fourth-order valence-electron chi connectivity index (χ4n) is 3.65. The van der Waals surface area contributed by atoms with Crippen LogP contribution < -0.4 is 10.2 Å². The van der Waals surface area contributed by atoms with E-state index < -0.39 is 35.6 Å². The molecule has 0 aromatic rings. The lowest BCUT2D eigenvalue weighted by molar-refractivity contribution is -0.312. The van der Waals surface area contributed by atoms with Crippen LogP contribution in [0.5, 0.6) is 0 Å². The first-order chi connectivity index (χ1) is 15.0. The van der Waals surface area contributed by atoms with Crippen LogP contribution >= 0.6 is 0 Å². The Morgan fingerprint density at radius 1 is 0.625 bits per heavy atom. The highest BCUT2D eigenvalue weighted by molar-refractivity contribution is 5.80. The van der Waals surface area contributed by atoms with Gasteiger partial charge in [0, 0.05) is 50.0 Å². The molecule has 1 heterocycles. The number of nitrogens with zero attached hydrogens (tertiary/aromatic N) is 2. The predicted octanol–water partition coefficient (Wildman–Crippen LogP) is -1.49. The highest BCUT2D eigenvalue weighted by atomic mass is 16.5. The summed E-state index contributed by atoms with van der Waals surface area (Å²) in [6, 6.07) is 0. The van der Waals surface area contributed by atoms with E-state index in [1.165, 1.54) is 13.8 Å². The number of hydrogen-bond acceptors (Lipinski definition) is 8. The van der Waals surface area contributed by atoms with Crippen molar-refractivity contribution in [3.8, 4) is 0 Å². The number of carbonyl (C=O) groups excluding carboxylic acids is 4. The van der Waals surface area contributed by atoms with Gasteiger partial charge in [-0.1, -0.05) is 27.7 Å². The summed E-state index contributed by atoms with van der Waals surface area (Å²) < 4.78 is 11.3. The third-order valence-electron chi connectivity index (χ3n) is 5.71. The molecule has 10 heteroatoms. The maximum Gasteiger partial charge on any atom is 0.225 e. The molecule has 0 aliphatic carbocycles. The molecule has 1 fully saturated rings. The van der Waals surface area contributed by atoms with Gasteiger partial charge >= 0.3 is 0 Å². The van der Waals surface area contributed by atoms with Crippen LogP contribution in [-0.2, 0) is 28.7 Å². The van der Waals surface area contributed by atoms with Crippen molar-refractivity contribution in [1.29, 1.82) is 0 Å². The summed E-state index contributed by atoms with van der Waals surface area (Å²) >= 11 is 0. The average Bonchev–Trinajstić information content (AvgIpc) is 2.72. The molecule has 0 aromatic heterocycles. The second-order valence-electron chi connectivity index (χ2n) is 8.59. The van der Waals surface area contributed by atoms with Gasteiger partial charge in [0.25, 0.3) is 0 Å². The second kappa shape index (κ2) is 14.1. The highest BCUT2D eigenvalue weighted by Gasteiger charge is 2.25. The molecule has 4 atom stereocenters. The van der Waals surface area contributed by atoms with Gasteiger partial charge in [0.15, 0.2) is 0 Å². The molecule has 0 saturated carbocycles. The van der Waals surface area contributed by atoms with E-state index in [0.717, 1.165) is 0 Å². The summed E-state index contributed by atoms with van der Waals surface area (Å²) in [7, 11) is 0. The third-order valence-corrected chi connectivity index (χ3v) is 5.71. The van der Waals surface area contributed by atoms with Crippen molar-refractivity contribution in [2.75, 3.05) is 52.6 Å². The average molecular weight is 457 g/mol. The lowest BCUT2D eigenvalue weighted by Gasteiger charge is -2.30. The number of amides is 2. The van der Waals surface area contributed by atoms with Gasteiger partial charge in [0.05, 0.1) is 26.4 Å². The van der Waals surface area contributed by atoms with Gasteiger partial charge in [-0.25, -0.2) is 0 Å². The summed E-state index contributed by atoms with van der Waals surface area (Å²) in [5.74, 6) is -5.02. The molecule has 0 radical (unpaired) electrons. The zero-order valence-electron chi connectivity index (χ0n) is 19.5. The van der Waals surface area contributed by atoms with E-state index in [1.54, 1.807) is 23.6 Å². The Balaban J connectivity index is 2.60. The number of carboxylic acid groups (broad SMARTS) is 2. The molecule has 1 saturated heterocycles. The number of aliphatic carboxylic acids is 2. The summed E-state index contributed by atoms with van der Waals surface area (Å²) in [4.78, 5) is 50.6. The van der Waals surface area contributed by atoms with Crippen LogP contribution in [0.1, 0.15) is 40.5 Å². The molecule has 1 aliphatic rings. The standard InChI is InChI=1S/C22H38N2O8/c1-15(13-17(3)21(27)28)19(25)23-5-9-31-11-7-24(8-12-32-10-6-23)20(26)16(2)14-18(4)22(29)30/h15-18H,5-14H2,1-4H3,(H,27,28)(H,29,30)/p-2/t15-,16-,17-,18+/m1/s1. The molecule has 1 rings (SSSR count). The van der Waals surface area contributed by atoms with Crippen LogP contribution in [0.2, 0.25) is 0 Å². The van der Waals surface area contributed by atoms with E-state index >= 15 is 0 Å². The Morgan fingerprint density at radius 3 is 1.16 bits per heavy atom. The van der Waals surface area contributed by atoms with Crippen molar-refractivity contribution in [1.82, 2.24) is 9.80 Å². The Morgan fingerprint density at radius 2 is 0.906 bits per heavy atom. The summed E-state index contributed by atoms with van der Waals surface area (Å²) in [5.41, 5.74) is 0. The lowest BCUT2D eigenvalue weighted by atomic mass is 9.96. The van der Waals surface area contributed by atoms with Gasteiger partial charge in [0.1, 0.15) is 0 Å². The largest absolute Gasteiger partial charge is 0.550 e. The number of rotatable bonds is 8. The molecule has 0 unspecified atom stereocenters. The van der Waals surface area contributed by atoms with Gasteiger partial charge in [-0.3, -0.25) is 9.59 Å². The second-order valence-corrected chi connectivity index (χ2v) is 8.59. The minimum absolute atomic E-state index is 0.157. The predicted molar refractivity (Wildman–Crippen MR) is 111 cm³/mol. The van der Waals surface area contributed by atoms with Crippen LogP contribution in [0.4, 0.5) is 0 Å². The van der Waals surface area contributed by atoms with E-state index in [2.05, 4.69) is 0 Å². The van der Waals surface area contributed by atoms with Gasteiger partial charge in [-0.2, -0.15) is 0 Å². The Kier molecular flexibility index (Phi) is 12.2. The first kappa shape index (κ1) is 27.8. The van der Waals surface area contributed by atoms with Crippen LogP contribution in [0.25, 0.3) is 0 Å². The van der Waals surface area contributed by atoms with Crippen LogP contribution in [0.15, 0.2) is 0 Å². The molecule has 184 valence electrons. The molecular weight excluding hydrogens is 420 g/mol. The summed E-state index contributed by atoms with van der Waals surface area (Å²) in [6.45, 7) is 8.86. The Bertz CT molecular complexity index is 575. The maximum absolute atomic E-state index is 12.7. The van der Waals surface area contributed by atoms with Crippen molar-refractivity contribution in [2.24, 2.45) is 23.7 Å². The normalized spacial score (nSPS) is 20.2. The number of carbonyl (C=O) groups is 4. The first-order valence-corrected chi connectivity index (χ1v) is 11.2. The Hall–Kier alpha value is -2.20. The van der Waals surface area contributed by atoms with Gasteiger partial charge in [-0.05, 0) is 24.7 Å². The fourth-order valence-corrected chi connectivity index (χ4v) is 3.65. The minimum Gasteiger partial charge on any atom is -0.550 e. The Labute approximate surface area is 189 Å². The minimum atomic E-state index is -1.17. The van der Waals surface area contributed by atoms with Gasteiger partial charge < -0.3 is 39.1 Å². The van der Waals surface area contributed by atoms with Crippen LogP contribution in [0, 0.1) is 23.7 Å². The van der Waals surface area contributed by atoms with E-state index in [-0.39, 0.29) is 51.1 Å². The SMILES string of the molecule is C[C@H](C[C@@H](C)C(=O)N1CCOCCN(C(=O)[C@H](C)C[C@H](C)C(=O)[O-])CCOCC1)C(=O)[O-]. The van der Waals surface area contributed by atoms with Crippen molar-refractivity contribution >= 4 is 23.8 Å².